The summed E-state index contributed by atoms with van der Waals surface area (Å²) in [6.45, 7) is 28.7. The number of aryl methyl sites for hydroxylation is 1. The summed E-state index contributed by atoms with van der Waals surface area (Å²) >= 11 is 0. The third kappa shape index (κ3) is 8.00. The minimum absolute atomic E-state index is 0.00237. The number of hydrogen-bond acceptors (Lipinski definition) is 4. The first-order chi connectivity index (χ1) is 40.2. The lowest BCUT2D eigenvalue weighted by atomic mass is 9.43. The fourth-order valence-corrected chi connectivity index (χ4v) is 15.3. The molecule has 0 radical (unpaired) electrons. The Bertz CT molecular complexity index is 4500. The van der Waals surface area contributed by atoms with E-state index in [9.17, 15) is 0 Å². The number of fused-ring (bicyclic) bond motifs is 12. The van der Waals surface area contributed by atoms with Crippen LogP contribution in [0.2, 0.25) is 0 Å². The molecule has 0 bridgehead atoms. The van der Waals surface area contributed by atoms with Gasteiger partial charge in [0, 0.05) is 56.1 Å². The molecule has 0 amide bonds. The van der Waals surface area contributed by atoms with Crippen molar-refractivity contribution in [2.75, 3.05) is 14.6 Å². The SMILES string of the molecule is Cc1cc2c(cc1N1c3cc(N(c4ccc(-c5ccccc5)cc4)c4ccc(C(C)(C)C)cc4)ccc3B3c4c1cc1ccccc1c4-c1ccc4c(oc5ccccc54)c1N3c1ccc3c(c1)C(C)(C)CCC3(C)C)C(C)(C)CCC2(C)C. The zero-order valence-corrected chi connectivity index (χ0v) is 51.1. The van der Waals surface area contributed by atoms with Crippen molar-refractivity contribution in [3.8, 4) is 22.3 Å². The zero-order chi connectivity index (χ0) is 58.0. The average Bonchev–Trinajstić information content (AvgIpc) is 0.939. The quantitative estimate of drug-likeness (QED) is 0.155. The van der Waals surface area contributed by atoms with Gasteiger partial charge in [0.2, 0.25) is 0 Å². The van der Waals surface area contributed by atoms with Gasteiger partial charge in [-0.1, -0.05) is 197 Å². The van der Waals surface area contributed by atoms with Gasteiger partial charge in [0.15, 0.2) is 5.58 Å². The average molecular weight is 1090 g/mol. The van der Waals surface area contributed by atoms with Crippen LogP contribution in [0.5, 0.6) is 0 Å². The third-order valence-electron chi connectivity index (χ3n) is 20.4. The monoisotopic (exact) mass is 1090 g/mol. The molecule has 2 aliphatic carbocycles. The molecular formula is C79H76BN3O. The molecule has 4 nitrogen and oxygen atoms in total. The van der Waals surface area contributed by atoms with Crippen LogP contribution in [0.1, 0.15) is 135 Å². The van der Waals surface area contributed by atoms with Gasteiger partial charge >= 0.3 is 6.85 Å². The highest BCUT2D eigenvalue weighted by Crippen LogP contribution is 2.56. The number of benzene rings is 10. The standard InChI is InChI=1S/C79H76BN3O/c1-49-44-63-65(79(11,12)43-42-77(63,7)8)48-67(49)82-68-47-56(81(55-32-28-53(29-33-55)75(2,3)4)54-30-26-51(27-31-54)50-20-14-13-15-21-50)35-39-66(68)80-72-69(82)45-52-22-16-17-23-58(52)71(72)61-37-36-60-59-24-18-19-25-70(59)84-74(60)73(61)83(80)57-34-38-62-64(46-57)78(9,10)41-40-76(62,5)6/h13-39,44-48H,40-43H2,1-12H3. The van der Waals surface area contributed by atoms with Crippen molar-refractivity contribution in [1.82, 2.24) is 0 Å². The Morgan fingerprint density at radius 3 is 1.75 bits per heavy atom. The Hall–Kier alpha value is -8.28. The molecule has 0 saturated heterocycles. The number of nitrogens with zero attached hydrogens (tertiary/aromatic N) is 3. The van der Waals surface area contributed by atoms with Crippen molar-refractivity contribution in [1.29, 1.82) is 0 Å². The lowest BCUT2D eigenvalue weighted by Gasteiger charge is -2.48. The summed E-state index contributed by atoms with van der Waals surface area (Å²) < 4.78 is 7.30. The molecule has 5 heteroatoms. The Balaban J connectivity index is 1.06. The molecule has 2 aliphatic heterocycles. The van der Waals surface area contributed by atoms with Crippen LogP contribution in [-0.4, -0.2) is 6.85 Å². The van der Waals surface area contributed by atoms with Gasteiger partial charge in [-0.25, -0.2) is 0 Å². The van der Waals surface area contributed by atoms with E-state index in [-0.39, 0.29) is 33.9 Å². The lowest BCUT2D eigenvalue weighted by molar-refractivity contribution is 0.332. The van der Waals surface area contributed by atoms with E-state index < -0.39 is 0 Å². The molecule has 10 aromatic carbocycles. The highest BCUT2D eigenvalue weighted by atomic mass is 16.3. The zero-order valence-electron chi connectivity index (χ0n) is 51.1. The van der Waals surface area contributed by atoms with Crippen molar-refractivity contribution < 1.29 is 4.42 Å². The number of furan rings is 1. The topological polar surface area (TPSA) is 22.9 Å². The van der Waals surface area contributed by atoms with Crippen molar-refractivity contribution in [3.05, 3.63) is 228 Å². The Morgan fingerprint density at radius 2 is 1.06 bits per heavy atom. The maximum absolute atomic E-state index is 7.30. The first-order valence-corrected chi connectivity index (χ1v) is 30.8. The Kier molecular flexibility index (Phi) is 11.5. The number of anilines is 8. The Morgan fingerprint density at radius 1 is 0.476 bits per heavy atom. The maximum Gasteiger partial charge on any atom is 0.333 e. The van der Waals surface area contributed by atoms with Crippen LogP contribution in [0.25, 0.3) is 55.0 Å². The molecule has 4 aliphatic rings. The Labute approximate surface area is 497 Å². The minimum Gasteiger partial charge on any atom is -0.454 e. The van der Waals surface area contributed by atoms with Crippen LogP contribution >= 0.6 is 0 Å². The molecule has 0 unspecified atom stereocenters. The molecule has 0 N–H and O–H groups in total. The molecule has 416 valence electrons. The second-order valence-corrected chi connectivity index (χ2v) is 28.7. The summed E-state index contributed by atoms with van der Waals surface area (Å²) in [7, 11) is 0. The lowest BCUT2D eigenvalue weighted by Crippen LogP contribution is -2.61. The number of rotatable bonds is 6. The third-order valence-corrected chi connectivity index (χ3v) is 20.4. The van der Waals surface area contributed by atoms with Crippen LogP contribution < -0.4 is 25.5 Å². The van der Waals surface area contributed by atoms with Crippen molar-refractivity contribution in [2.45, 2.75) is 136 Å². The first-order valence-electron chi connectivity index (χ1n) is 30.8. The molecular weight excluding hydrogens is 1020 g/mol. The van der Waals surface area contributed by atoms with Gasteiger partial charge < -0.3 is 19.0 Å². The van der Waals surface area contributed by atoms with E-state index >= 15 is 0 Å². The van der Waals surface area contributed by atoms with Crippen LogP contribution in [0.4, 0.5) is 45.5 Å². The van der Waals surface area contributed by atoms with Gasteiger partial charge in [0.25, 0.3) is 0 Å². The summed E-state index contributed by atoms with van der Waals surface area (Å²) in [5.74, 6) is 0. The summed E-state index contributed by atoms with van der Waals surface area (Å²) in [6.07, 6.45) is 4.57. The summed E-state index contributed by atoms with van der Waals surface area (Å²) in [6, 6.07) is 74.3. The second kappa shape index (κ2) is 18.4. The van der Waals surface area contributed by atoms with E-state index in [2.05, 4.69) is 292 Å². The largest absolute Gasteiger partial charge is 0.454 e. The van der Waals surface area contributed by atoms with Crippen molar-refractivity contribution in [3.63, 3.8) is 0 Å². The van der Waals surface area contributed by atoms with Crippen molar-refractivity contribution >= 4 is 96.0 Å². The van der Waals surface area contributed by atoms with E-state index in [0.29, 0.717) is 0 Å². The predicted octanol–water partition coefficient (Wildman–Crippen LogP) is 20.9. The van der Waals surface area contributed by atoms with Crippen LogP contribution in [0.3, 0.4) is 0 Å². The summed E-state index contributed by atoms with van der Waals surface area (Å²) in [5.41, 5.74) is 27.0. The molecule has 15 rings (SSSR count). The molecule has 11 aromatic rings. The van der Waals surface area contributed by atoms with Gasteiger partial charge in [-0.2, -0.15) is 0 Å². The van der Waals surface area contributed by atoms with Gasteiger partial charge in [-0.05, 0) is 204 Å². The van der Waals surface area contributed by atoms with Crippen LogP contribution in [0, 0.1) is 6.92 Å². The summed E-state index contributed by atoms with van der Waals surface area (Å²) in [5, 5.41) is 4.73. The van der Waals surface area contributed by atoms with Crippen molar-refractivity contribution in [2.24, 2.45) is 0 Å². The highest BCUT2D eigenvalue weighted by molar-refractivity contribution is 6.94. The van der Waals surface area contributed by atoms with Gasteiger partial charge in [0.05, 0.1) is 5.69 Å². The normalized spacial score (nSPS) is 16.9. The fraction of sp³-hybridized carbons (Fsp3) is 0.266. The fourth-order valence-electron chi connectivity index (χ4n) is 15.3. The molecule has 0 atom stereocenters. The van der Waals surface area contributed by atoms with E-state index in [1.807, 2.05) is 0 Å². The van der Waals surface area contributed by atoms with Gasteiger partial charge in [-0.3, -0.25) is 0 Å². The first kappa shape index (κ1) is 52.5. The second-order valence-electron chi connectivity index (χ2n) is 28.7. The maximum atomic E-state index is 7.30. The molecule has 0 fully saturated rings. The molecule has 1 aromatic heterocycles. The van der Waals surface area contributed by atoms with E-state index in [4.69, 9.17) is 4.42 Å². The highest BCUT2D eigenvalue weighted by Gasteiger charge is 2.49. The van der Waals surface area contributed by atoms with E-state index in [0.717, 1.165) is 70.4 Å². The van der Waals surface area contributed by atoms with Gasteiger partial charge in [-0.15, -0.1) is 0 Å². The van der Waals surface area contributed by atoms with Gasteiger partial charge in [0.1, 0.15) is 5.58 Å². The number of para-hydroxylation sites is 1. The molecule has 3 heterocycles. The molecule has 0 saturated carbocycles. The van der Waals surface area contributed by atoms with E-state index in [1.54, 1.807) is 0 Å². The van der Waals surface area contributed by atoms with Crippen LogP contribution in [-0.2, 0) is 27.1 Å². The molecule has 84 heavy (non-hydrogen) atoms. The minimum atomic E-state index is -0.248. The summed E-state index contributed by atoms with van der Waals surface area (Å²) in [4.78, 5) is 7.88. The number of hydrogen-bond donors (Lipinski definition) is 0. The van der Waals surface area contributed by atoms with Crippen LogP contribution in [0.15, 0.2) is 199 Å². The smallest absolute Gasteiger partial charge is 0.333 e. The molecule has 0 spiro atoms. The van der Waals surface area contributed by atoms with E-state index in [1.165, 1.54) is 100 Å². The predicted molar refractivity (Wildman–Crippen MR) is 359 cm³/mol.